The van der Waals surface area contributed by atoms with Gasteiger partial charge in [-0.05, 0) is 31.9 Å². The summed E-state index contributed by atoms with van der Waals surface area (Å²) in [7, 11) is -6.73. The van der Waals surface area contributed by atoms with E-state index in [4.69, 9.17) is 0 Å². The fraction of sp³-hybridized carbons (Fsp3) is 0.643. The topological polar surface area (TPSA) is 117 Å². The Hall–Kier alpha value is -1.23. The number of rotatable bonds is 11. The first-order chi connectivity index (χ1) is 11.1. The monoisotopic (exact) mass is 378 g/mol. The van der Waals surface area contributed by atoms with Gasteiger partial charge >= 0.3 is 0 Å². The van der Waals surface area contributed by atoms with Crippen LogP contribution in [0.15, 0.2) is 23.2 Å². The molecule has 0 aromatic carbocycles. The van der Waals surface area contributed by atoms with Gasteiger partial charge in [0.1, 0.15) is 10.7 Å². The van der Waals surface area contributed by atoms with Crippen LogP contribution in [0.1, 0.15) is 33.1 Å². The lowest BCUT2D eigenvalue weighted by Gasteiger charge is -2.13. The third-order valence-corrected chi connectivity index (χ3v) is 5.45. The fourth-order valence-corrected chi connectivity index (χ4v) is 3.77. The second-order valence-electron chi connectivity index (χ2n) is 5.64. The zero-order valence-electron chi connectivity index (χ0n) is 14.2. The maximum atomic E-state index is 12.2. The highest BCUT2D eigenvalue weighted by atomic mass is 32.2. The Kier molecular flexibility index (Phi) is 8.07. The second-order valence-corrected chi connectivity index (χ2v) is 9.18. The molecule has 0 fully saturated rings. The van der Waals surface area contributed by atoms with E-state index in [9.17, 15) is 16.8 Å². The number of aromatic nitrogens is 1. The molecule has 0 aliphatic heterocycles. The first kappa shape index (κ1) is 20.8. The maximum Gasteiger partial charge on any atom is 0.242 e. The van der Waals surface area contributed by atoms with Crippen molar-refractivity contribution in [3.63, 3.8) is 0 Å². The molecule has 1 unspecified atom stereocenters. The van der Waals surface area contributed by atoms with E-state index < -0.39 is 20.0 Å². The van der Waals surface area contributed by atoms with E-state index in [0.29, 0.717) is 25.3 Å². The molecule has 0 radical (unpaired) electrons. The minimum Gasteiger partial charge on any atom is -0.370 e. The first-order valence-corrected chi connectivity index (χ1v) is 11.2. The van der Waals surface area contributed by atoms with Crippen molar-refractivity contribution in [3.8, 4) is 0 Å². The number of hydrogen-bond acceptors (Lipinski definition) is 6. The fourth-order valence-electron chi connectivity index (χ4n) is 2.03. The molecule has 0 saturated carbocycles. The number of sulfonamides is 2. The Morgan fingerprint density at radius 1 is 1.17 bits per heavy atom. The van der Waals surface area contributed by atoms with Crippen molar-refractivity contribution >= 4 is 25.9 Å². The Morgan fingerprint density at radius 2 is 1.88 bits per heavy atom. The highest BCUT2D eigenvalue weighted by molar-refractivity contribution is 7.89. The van der Waals surface area contributed by atoms with Crippen LogP contribution in [0, 0.1) is 0 Å². The van der Waals surface area contributed by atoms with E-state index >= 15 is 0 Å². The average molecular weight is 379 g/mol. The third kappa shape index (κ3) is 8.04. The quantitative estimate of drug-likeness (QED) is 0.493. The summed E-state index contributed by atoms with van der Waals surface area (Å²) in [4.78, 5) is 4.20. The van der Waals surface area contributed by atoms with E-state index in [1.165, 1.54) is 12.3 Å². The van der Waals surface area contributed by atoms with Crippen LogP contribution in [-0.2, 0) is 20.0 Å². The van der Waals surface area contributed by atoms with E-state index in [1.54, 1.807) is 6.07 Å². The molecule has 1 atom stereocenters. The summed E-state index contributed by atoms with van der Waals surface area (Å²) in [6.07, 6.45) is 4.67. The normalized spacial score (nSPS) is 13.6. The van der Waals surface area contributed by atoms with Crippen molar-refractivity contribution in [1.29, 1.82) is 0 Å². The number of nitrogens with zero attached hydrogens (tertiary/aromatic N) is 1. The van der Waals surface area contributed by atoms with Crippen LogP contribution in [0.3, 0.4) is 0 Å². The molecule has 8 nitrogen and oxygen atoms in total. The van der Waals surface area contributed by atoms with Crippen LogP contribution < -0.4 is 14.8 Å². The van der Waals surface area contributed by atoms with Gasteiger partial charge in [0, 0.05) is 25.3 Å². The molecule has 0 spiro atoms. The zero-order valence-corrected chi connectivity index (χ0v) is 15.9. The molecule has 0 aliphatic rings. The van der Waals surface area contributed by atoms with Crippen molar-refractivity contribution < 1.29 is 16.8 Å². The lowest BCUT2D eigenvalue weighted by atomic mass is 10.2. The van der Waals surface area contributed by atoms with Gasteiger partial charge in [0.2, 0.25) is 20.0 Å². The predicted octanol–water partition coefficient (Wildman–Crippen LogP) is 0.900. The van der Waals surface area contributed by atoms with Crippen LogP contribution in [0.2, 0.25) is 0 Å². The standard InChI is InChI=1S/C14H26N4O4S2/c1-4-6-12(2)18-24(21,22)13-7-8-14(16-11-13)15-9-5-10-17-23(3,19)20/h7-8,11-12,17-18H,4-6,9-10H2,1-3H3,(H,15,16). The maximum absolute atomic E-state index is 12.2. The van der Waals surface area contributed by atoms with E-state index in [2.05, 4.69) is 19.7 Å². The molecular formula is C14H26N4O4S2. The molecule has 0 aliphatic carbocycles. The Balaban J connectivity index is 2.50. The van der Waals surface area contributed by atoms with Gasteiger partial charge in [0.15, 0.2) is 0 Å². The van der Waals surface area contributed by atoms with Crippen LogP contribution in [0.4, 0.5) is 5.82 Å². The van der Waals surface area contributed by atoms with Gasteiger partial charge < -0.3 is 5.32 Å². The van der Waals surface area contributed by atoms with E-state index in [-0.39, 0.29) is 10.9 Å². The molecular weight excluding hydrogens is 352 g/mol. The summed E-state index contributed by atoms with van der Waals surface area (Å²) < 4.78 is 51.2. The van der Waals surface area contributed by atoms with E-state index in [1.807, 2.05) is 13.8 Å². The van der Waals surface area contributed by atoms with Gasteiger partial charge in [0.05, 0.1) is 6.26 Å². The van der Waals surface area contributed by atoms with Crippen LogP contribution in [0.5, 0.6) is 0 Å². The van der Waals surface area contributed by atoms with Crippen molar-refractivity contribution in [1.82, 2.24) is 14.4 Å². The van der Waals surface area contributed by atoms with Gasteiger partial charge in [0.25, 0.3) is 0 Å². The molecule has 24 heavy (non-hydrogen) atoms. The Bertz CT molecular complexity index is 703. The van der Waals surface area contributed by atoms with Crippen molar-refractivity contribution in [2.75, 3.05) is 24.7 Å². The highest BCUT2D eigenvalue weighted by Gasteiger charge is 2.17. The summed E-state index contributed by atoms with van der Waals surface area (Å²) >= 11 is 0. The SMILES string of the molecule is CCCC(C)NS(=O)(=O)c1ccc(NCCCNS(C)(=O)=O)nc1. The van der Waals surface area contributed by atoms with Gasteiger partial charge in [-0.2, -0.15) is 0 Å². The Labute approximate surface area is 144 Å². The van der Waals surface area contributed by atoms with Crippen LogP contribution in [0.25, 0.3) is 0 Å². The lowest BCUT2D eigenvalue weighted by Crippen LogP contribution is -2.32. The third-order valence-electron chi connectivity index (χ3n) is 3.15. The second kappa shape index (κ2) is 9.30. The molecule has 1 aromatic heterocycles. The molecule has 138 valence electrons. The van der Waals surface area contributed by atoms with Gasteiger partial charge in [-0.25, -0.2) is 31.3 Å². The molecule has 0 saturated heterocycles. The number of anilines is 1. The van der Waals surface area contributed by atoms with Gasteiger partial charge in [-0.15, -0.1) is 0 Å². The minimum absolute atomic E-state index is 0.120. The Morgan fingerprint density at radius 3 is 2.42 bits per heavy atom. The largest absolute Gasteiger partial charge is 0.370 e. The summed E-state index contributed by atoms with van der Waals surface area (Å²) in [6, 6.07) is 2.95. The number of nitrogens with one attached hydrogen (secondary N) is 3. The predicted molar refractivity (Wildman–Crippen MR) is 94.9 cm³/mol. The van der Waals surface area contributed by atoms with E-state index in [0.717, 1.165) is 19.1 Å². The molecule has 10 heteroatoms. The molecule has 1 rings (SSSR count). The molecule has 0 bridgehead atoms. The number of pyridine rings is 1. The summed E-state index contributed by atoms with van der Waals surface area (Å²) in [5, 5.41) is 3.01. The van der Waals surface area contributed by atoms with Crippen molar-refractivity contribution in [2.45, 2.75) is 44.0 Å². The molecule has 0 amide bonds. The average Bonchev–Trinajstić information content (AvgIpc) is 2.46. The molecule has 1 heterocycles. The summed E-state index contributed by atoms with van der Waals surface area (Å²) in [5.74, 6) is 0.537. The molecule has 1 aromatic rings. The first-order valence-electron chi connectivity index (χ1n) is 7.81. The highest BCUT2D eigenvalue weighted by Crippen LogP contribution is 2.12. The summed E-state index contributed by atoms with van der Waals surface area (Å²) in [6.45, 7) is 4.68. The minimum atomic E-state index is -3.56. The number of hydrogen-bond donors (Lipinski definition) is 3. The summed E-state index contributed by atoms with van der Waals surface area (Å²) in [5.41, 5.74) is 0. The van der Waals surface area contributed by atoms with Gasteiger partial charge in [-0.3, -0.25) is 0 Å². The van der Waals surface area contributed by atoms with Crippen molar-refractivity contribution in [2.24, 2.45) is 0 Å². The van der Waals surface area contributed by atoms with Crippen molar-refractivity contribution in [3.05, 3.63) is 18.3 Å². The zero-order chi connectivity index (χ0) is 18.2. The smallest absolute Gasteiger partial charge is 0.242 e. The lowest BCUT2D eigenvalue weighted by molar-refractivity contribution is 0.543. The van der Waals surface area contributed by atoms with Gasteiger partial charge in [-0.1, -0.05) is 13.3 Å². The van der Waals surface area contributed by atoms with Crippen LogP contribution >= 0.6 is 0 Å². The molecule has 3 N–H and O–H groups in total. The van der Waals surface area contributed by atoms with Crippen LogP contribution in [-0.4, -0.2) is 47.2 Å².